The maximum Gasteiger partial charge on any atom is 0.126 e. The second-order valence-electron chi connectivity index (χ2n) is 5.00. The standard InChI is InChI=1S/C15H20FN/c1-4-15(11(2)17-3)9-8-13-12(10-15)6-5-7-14(13)16/h5-7H,4,8-10H2,1-3H3. The lowest BCUT2D eigenvalue weighted by Gasteiger charge is -2.37. The highest BCUT2D eigenvalue weighted by molar-refractivity contribution is 5.88. The minimum atomic E-state index is -0.0432. The van der Waals surface area contributed by atoms with Gasteiger partial charge in [-0.1, -0.05) is 19.1 Å². The highest BCUT2D eigenvalue weighted by Gasteiger charge is 2.35. The van der Waals surface area contributed by atoms with Crippen LogP contribution >= 0.6 is 0 Å². The highest BCUT2D eigenvalue weighted by Crippen LogP contribution is 2.40. The molecule has 0 N–H and O–H groups in total. The summed E-state index contributed by atoms with van der Waals surface area (Å²) in [6.07, 6.45) is 3.86. The maximum atomic E-state index is 13.7. The molecule has 0 radical (unpaired) electrons. The van der Waals surface area contributed by atoms with E-state index in [1.165, 1.54) is 11.3 Å². The van der Waals surface area contributed by atoms with E-state index in [0.29, 0.717) is 0 Å². The Bertz CT molecular complexity index is 450. The summed E-state index contributed by atoms with van der Waals surface area (Å²) < 4.78 is 13.7. The van der Waals surface area contributed by atoms with Crippen molar-refractivity contribution in [2.45, 2.75) is 39.5 Å². The van der Waals surface area contributed by atoms with Gasteiger partial charge in [-0.2, -0.15) is 0 Å². The summed E-state index contributed by atoms with van der Waals surface area (Å²) in [7, 11) is 1.85. The Morgan fingerprint density at radius 3 is 2.88 bits per heavy atom. The molecule has 0 aliphatic heterocycles. The van der Waals surface area contributed by atoms with Crippen LogP contribution in [0.2, 0.25) is 0 Å². The molecule has 1 nitrogen and oxygen atoms in total. The van der Waals surface area contributed by atoms with Gasteiger partial charge in [0.05, 0.1) is 0 Å². The van der Waals surface area contributed by atoms with E-state index in [2.05, 4.69) is 24.9 Å². The molecule has 1 aromatic carbocycles. The van der Waals surface area contributed by atoms with Gasteiger partial charge < -0.3 is 0 Å². The zero-order valence-corrected chi connectivity index (χ0v) is 10.9. The number of halogens is 1. The van der Waals surface area contributed by atoms with Crippen LogP contribution in [0.4, 0.5) is 4.39 Å². The Labute approximate surface area is 103 Å². The third kappa shape index (κ3) is 2.01. The molecule has 0 bridgehead atoms. The molecule has 2 rings (SSSR count). The molecule has 0 aromatic heterocycles. The molecular weight excluding hydrogens is 213 g/mol. The van der Waals surface area contributed by atoms with Crippen LogP contribution in [0, 0.1) is 11.2 Å². The molecule has 0 heterocycles. The van der Waals surface area contributed by atoms with Gasteiger partial charge in [0.25, 0.3) is 0 Å². The number of hydrogen-bond donors (Lipinski definition) is 0. The zero-order valence-electron chi connectivity index (χ0n) is 10.9. The SMILES string of the molecule is CCC1(C(C)=NC)CCc2c(F)cccc2C1. The largest absolute Gasteiger partial charge is 0.297 e. The van der Waals surface area contributed by atoms with Gasteiger partial charge in [-0.3, -0.25) is 4.99 Å². The van der Waals surface area contributed by atoms with Crippen molar-refractivity contribution < 1.29 is 4.39 Å². The highest BCUT2D eigenvalue weighted by atomic mass is 19.1. The van der Waals surface area contributed by atoms with Crippen molar-refractivity contribution in [3.05, 3.63) is 35.1 Å². The van der Waals surface area contributed by atoms with E-state index in [9.17, 15) is 4.39 Å². The summed E-state index contributed by atoms with van der Waals surface area (Å²) in [5.74, 6) is -0.0432. The average molecular weight is 233 g/mol. The molecule has 1 aliphatic rings. The van der Waals surface area contributed by atoms with Crippen molar-refractivity contribution >= 4 is 5.71 Å². The molecular formula is C15H20FN. The van der Waals surface area contributed by atoms with Crippen LogP contribution in [0.15, 0.2) is 23.2 Å². The summed E-state index contributed by atoms with van der Waals surface area (Å²) in [5, 5.41) is 0. The molecule has 1 aromatic rings. The van der Waals surface area contributed by atoms with Gasteiger partial charge in [-0.15, -0.1) is 0 Å². The van der Waals surface area contributed by atoms with Crippen LogP contribution in [-0.2, 0) is 12.8 Å². The fraction of sp³-hybridized carbons (Fsp3) is 0.533. The molecule has 1 atom stereocenters. The van der Waals surface area contributed by atoms with Crippen molar-refractivity contribution in [2.75, 3.05) is 7.05 Å². The number of aliphatic imine (C=N–C) groups is 1. The Morgan fingerprint density at radius 1 is 1.47 bits per heavy atom. The molecule has 0 amide bonds. The summed E-state index contributed by atoms with van der Waals surface area (Å²) in [6.45, 7) is 4.31. The smallest absolute Gasteiger partial charge is 0.126 e. The van der Waals surface area contributed by atoms with Crippen LogP contribution < -0.4 is 0 Å². The Morgan fingerprint density at radius 2 is 2.24 bits per heavy atom. The van der Waals surface area contributed by atoms with Gasteiger partial charge in [0.2, 0.25) is 0 Å². The van der Waals surface area contributed by atoms with Crippen molar-refractivity contribution in [1.29, 1.82) is 0 Å². The lowest BCUT2D eigenvalue weighted by Crippen LogP contribution is -2.35. The van der Waals surface area contributed by atoms with E-state index in [-0.39, 0.29) is 11.2 Å². The Kier molecular flexibility index (Phi) is 3.32. The molecule has 2 heteroatoms. The number of benzene rings is 1. The number of hydrogen-bond acceptors (Lipinski definition) is 1. The van der Waals surface area contributed by atoms with Crippen LogP contribution in [0.1, 0.15) is 37.8 Å². The second-order valence-corrected chi connectivity index (χ2v) is 5.00. The molecule has 92 valence electrons. The van der Waals surface area contributed by atoms with Gasteiger partial charge in [0.1, 0.15) is 5.82 Å². The first-order valence-corrected chi connectivity index (χ1v) is 6.33. The molecule has 1 aliphatic carbocycles. The van der Waals surface area contributed by atoms with E-state index in [0.717, 1.165) is 31.2 Å². The molecule has 0 saturated carbocycles. The quantitative estimate of drug-likeness (QED) is 0.689. The second kappa shape index (κ2) is 4.59. The van der Waals surface area contributed by atoms with Crippen LogP contribution in [-0.4, -0.2) is 12.8 Å². The average Bonchev–Trinajstić information content (AvgIpc) is 2.37. The van der Waals surface area contributed by atoms with Crippen molar-refractivity contribution in [2.24, 2.45) is 10.4 Å². The molecule has 1 unspecified atom stereocenters. The molecule has 0 spiro atoms. The number of fused-ring (bicyclic) bond motifs is 1. The van der Waals surface area contributed by atoms with Crippen LogP contribution in [0.25, 0.3) is 0 Å². The van der Waals surface area contributed by atoms with E-state index in [1.54, 1.807) is 6.07 Å². The van der Waals surface area contributed by atoms with Crippen molar-refractivity contribution in [3.8, 4) is 0 Å². The predicted molar refractivity (Wildman–Crippen MR) is 70.2 cm³/mol. The summed E-state index contributed by atoms with van der Waals surface area (Å²) >= 11 is 0. The Hall–Kier alpha value is -1.18. The summed E-state index contributed by atoms with van der Waals surface area (Å²) in [4.78, 5) is 4.37. The summed E-state index contributed by atoms with van der Waals surface area (Å²) in [5.41, 5.74) is 3.44. The van der Waals surface area contributed by atoms with Gasteiger partial charge in [-0.25, -0.2) is 4.39 Å². The lowest BCUT2D eigenvalue weighted by atomic mass is 9.67. The van der Waals surface area contributed by atoms with E-state index < -0.39 is 0 Å². The van der Waals surface area contributed by atoms with Crippen LogP contribution in [0.3, 0.4) is 0 Å². The number of nitrogens with zero attached hydrogens (tertiary/aromatic N) is 1. The first-order chi connectivity index (χ1) is 8.13. The molecule has 0 saturated heterocycles. The zero-order chi connectivity index (χ0) is 12.5. The maximum absolute atomic E-state index is 13.7. The minimum absolute atomic E-state index is 0.0432. The number of rotatable bonds is 2. The van der Waals surface area contributed by atoms with E-state index in [4.69, 9.17) is 0 Å². The fourth-order valence-electron chi connectivity index (χ4n) is 2.97. The van der Waals surface area contributed by atoms with Crippen LogP contribution in [0.5, 0.6) is 0 Å². The summed E-state index contributed by atoms with van der Waals surface area (Å²) in [6, 6.07) is 5.45. The van der Waals surface area contributed by atoms with Crippen molar-refractivity contribution in [1.82, 2.24) is 0 Å². The first kappa shape index (κ1) is 12.3. The van der Waals surface area contributed by atoms with E-state index >= 15 is 0 Å². The van der Waals surface area contributed by atoms with Crippen molar-refractivity contribution in [3.63, 3.8) is 0 Å². The lowest BCUT2D eigenvalue weighted by molar-refractivity contribution is 0.343. The van der Waals surface area contributed by atoms with Gasteiger partial charge >= 0.3 is 0 Å². The minimum Gasteiger partial charge on any atom is -0.297 e. The third-order valence-corrected chi connectivity index (χ3v) is 4.38. The normalized spacial score (nSPS) is 24.6. The Balaban J connectivity index is 2.41. The van der Waals surface area contributed by atoms with Gasteiger partial charge in [0.15, 0.2) is 0 Å². The predicted octanol–water partition coefficient (Wildman–Crippen LogP) is 3.80. The third-order valence-electron chi connectivity index (χ3n) is 4.38. The monoisotopic (exact) mass is 233 g/mol. The fourth-order valence-corrected chi connectivity index (χ4v) is 2.97. The van der Waals surface area contributed by atoms with Gasteiger partial charge in [-0.05, 0) is 49.8 Å². The topological polar surface area (TPSA) is 12.4 Å². The van der Waals surface area contributed by atoms with E-state index in [1.807, 2.05) is 13.1 Å². The molecule has 0 fully saturated rings. The first-order valence-electron chi connectivity index (χ1n) is 6.33. The van der Waals surface area contributed by atoms with Gasteiger partial charge in [0, 0.05) is 18.2 Å². The molecule has 17 heavy (non-hydrogen) atoms.